The van der Waals surface area contributed by atoms with Crippen LogP contribution >= 0.6 is 23.2 Å². The lowest BCUT2D eigenvalue weighted by Gasteiger charge is -2.45. The number of likely N-dealkylation sites (N-methyl/N-ethyl adjacent to an activating group) is 1. The molecule has 2 aromatic rings. The first-order chi connectivity index (χ1) is 16.5. The quantitative estimate of drug-likeness (QED) is 0.385. The Hall–Kier alpha value is -2.35. The molecule has 0 fully saturated rings. The average Bonchev–Trinajstić information content (AvgIpc) is 3.05. The largest absolute Gasteiger partial charge is 0.416 e. The fourth-order valence-electron chi connectivity index (χ4n) is 5.76. The van der Waals surface area contributed by atoms with Crippen molar-refractivity contribution in [1.29, 1.82) is 0 Å². The zero-order valence-electron chi connectivity index (χ0n) is 19.0. The van der Waals surface area contributed by atoms with Gasteiger partial charge in [0.2, 0.25) is 5.91 Å². The summed E-state index contributed by atoms with van der Waals surface area (Å²) >= 11 is 12.5. The smallest absolute Gasteiger partial charge is 0.325 e. The molecule has 4 atom stereocenters. The van der Waals surface area contributed by atoms with Gasteiger partial charge in [0.15, 0.2) is 0 Å². The average molecular weight is 527 g/mol. The number of carbonyl (C=O) groups excluding carboxylic acids is 1. The molecule has 1 heterocycles. The summed E-state index contributed by atoms with van der Waals surface area (Å²) in [7, 11) is 1.48. The van der Waals surface area contributed by atoms with Crippen LogP contribution in [0.1, 0.15) is 42.5 Å². The molecule has 0 bridgehead atoms. The summed E-state index contributed by atoms with van der Waals surface area (Å²) in [4.78, 5) is 14.0. The molecule has 1 aliphatic carbocycles. The van der Waals surface area contributed by atoms with Gasteiger partial charge in [-0.05, 0) is 72.8 Å². The summed E-state index contributed by atoms with van der Waals surface area (Å²) in [6.07, 6.45) is 1.59. The summed E-state index contributed by atoms with van der Waals surface area (Å²) in [6, 6.07) is 6.01. The number of hydrogen-bond acceptors (Lipinski definition) is 2. The number of alkyl halides is 3. The first-order valence-corrected chi connectivity index (χ1v) is 12.0. The van der Waals surface area contributed by atoms with Crippen LogP contribution in [0.3, 0.4) is 0 Å². The number of halogens is 6. The first-order valence-electron chi connectivity index (χ1n) is 11.2. The molecule has 9 heteroatoms. The maximum atomic E-state index is 14.4. The van der Waals surface area contributed by atoms with E-state index in [4.69, 9.17) is 23.2 Å². The third kappa shape index (κ3) is 4.39. The molecule has 186 valence electrons. The van der Waals surface area contributed by atoms with E-state index < -0.39 is 40.8 Å². The van der Waals surface area contributed by atoms with E-state index in [0.717, 1.165) is 18.2 Å². The van der Waals surface area contributed by atoms with Crippen LogP contribution in [0.25, 0.3) is 0 Å². The van der Waals surface area contributed by atoms with Gasteiger partial charge in [0.25, 0.3) is 0 Å². The van der Waals surface area contributed by atoms with Crippen molar-refractivity contribution in [2.45, 2.75) is 37.4 Å². The molecule has 2 aromatic carbocycles. The number of hydrogen-bond donors (Lipinski definition) is 2. The zero-order valence-corrected chi connectivity index (χ0v) is 20.5. The van der Waals surface area contributed by atoms with Crippen LogP contribution in [-0.2, 0) is 16.4 Å². The number of rotatable bonds is 6. The number of anilines is 1. The van der Waals surface area contributed by atoms with E-state index in [1.54, 1.807) is 30.4 Å². The van der Waals surface area contributed by atoms with Crippen molar-refractivity contribution in [3.8, 4) is 0 Å². The minimum absolute atomic E-state index is 0.247. The van der Waals surface area contributed by atoms with Gasteiger partial charge in [-0.3, -0.25) is 4.79 Å². The van der Waals surface area contributed by atoms with Crippen molar-refractivity contribution in [3.63, 3.8) is 0 Å². The molecule has 0 radical (unpaired) electrons. The van der Waals surface area contributed by atoms with E-state index in [1.165, 1.54) is 7.05 Å². The van der Waals surface area contributed by atoms with E-state index in [0.29, 0.717) is 34.1 Å². The fourth-order valence-corrected chi connectivity index (χ4v) is 6.18. The lowest BCUT2D eigenvalue weighted by atomic mass is 9.58. The third-order valence-corrected chi connectivity index (χ3v) is 7.55. The summed E-state index contributed by atoms with van der Waals surface area (Å²) in [5.74, 6) is -2.03. The summed E-state index contributed by atoms with van der Waals surface area (Å²) in [5, 5.41) is 6.76. The van der Waals surface area contributed by atoms with Crippen molar-refractivity contribution in [1.82, 2.24) is 5.32 Å². The molecule has 0 saturated heterocycles. The van der Waals surface area contributed by atoms with Crippen molar-refractivity contribution in [2.75, 3.05) is 12.4 Å². The van der Waals surface area contributed by atoms with E-state index in [2.05, 4.69) is 10.6 Å². The van der Waals surface area contributed by atoms with Crippen LogP contribution in [0.4, 0.5) is 23.2 Å². The van der Waals surface area contributed by atoms with Crippen molar-refractivity contribution in [3.05, 3.63) is 87.2 Å². The summed E-state index contributed by atoms with van der Waals surface area (Å²) in [5.41, 5.74) is -1.92. The number of amides is 1. The number of carbonyl (C=O) groups is 1. The van der Waals surface area contributed by atoms with Gasteiger partial charge in [0, 0.05) is 15.7 Å². The van der Waals surface area contributed by atoms with Gasteiger partial charge in [-0.1, -0.05) is 54.8 Å². The van der Waals surface area contributed by atoms with Crippen molar-refractivity contribution >= 4 is 34.8 Å². The molecular weight excluding hydrogens is 503 g/mol. The van der Waals surface area contributed by atoms with Crippen LogP contribution in [0, 0.1) is 17.7 Å². The van der Waals surface area contributed by atoms with Gasteiger partial charge in [-0.2, -0.15) is 13.2 Å². The van der Waals surface area contributed by atoms with Crippen molar-refractivity contribution in [2.24, 2.45) is 11.8 Å². The molecule has 1 amide bonds. The molecule has 1 unspecified atom stereocenters. The van der Waals surface area contributed by atoms with E-state index >= 15 is 0 Å². The summed E-state index contributed by atoms with van der Waals surface area (Å²) in [6.45, 7) is 1.89. The number of nitrogens with one attached hydrogen (secondary N) is 2. The Kier molecular flexibility index (Phi) is 7.06. The lowest BCUT2D eigenvalue weighted by Crippen LogP contribution is -2.53. The maximum Gasteiger partial charge on any atom is 0.416 e. The predicted octanol–water partition coefficient (Wildman–Crippen LogP) is 7.37. The van der Waals surface area contributed by atoms with Gasteiger partial charge in [0.05, 0.1) is 17.0 Å². The van der Waals surface area contributed by atoms with E-state index in [9.17, 15) is 22.4 Å². The molecule has 4 rings (SSSR count). The van der Waals surface area contributed by atoms with Crippen molar-refractivity contribution < 1.29 is 22.4 Å². The molecule has 3 nitrogen and oxygen atoms in total. The topological polar surface area (TPSA) is 41.1 Å². The van der Waals surface area contributed by atoms with Gasteiger partial charge in [-0.25, -0.2) is 4.39 Å². The summed E-state index contributed by atoms with van der Waals surface area (Å²) < 4.78 is 56.8. The standard InChI is InChI=1S/C26H24Cl2F4N2O/c1-3-19(14-5-4-6-15(27)11-14)25(21-9-7-16(28)12-22(21)34-24(25)35)23(33-2)18-13-17(29)8-10-20(18)26(30,31)32/h4-10,12-14,19,23,33H,3,11H2,1-2H3,(H,34,35)/t14?,19-,23-,25+/m0/s1. The normalized spacial score (nSPS) is 23.5. The molecule has 0 saturated carbocycles. The Labute approximate surface area is 211 Å². The van der Waals surface area contributed by atoms with Crippen LogP contribution in [0.15, 0.2) is 59.7 Å². The maximum absolute atomic E-state index is 14.4. The Balaban J connectivity index is 2.04. The highest BCUT2D eigenvalue weighted by atomic mass is 35.5. The first kappa shape index (κ1) is 25.7. The third-order valence-electron chi connectivity index (χ3n) is 7.03. The molecule has 2 N–H and O–H groups in total. The van der Waals surface area contributed by atoms with Gasteiger partial charge >= 0.3 is 6.18 Å². The highest BCUT2D eigenvalue weighted by Gasteiger charge is 2.59. The minimum atomic E-state index is -4.75. The number of benzene rings is 2. The Morgan fingerprint density at radius 2 is 1.94 bits per heavy atom. The molecule has 1 aliphatic heterocycles. The second-order valence-corrected chi connectivity index (χ2v) is 9.77. The second kappa shape index (κ2) is 9.60. The lowest BCUT2D eigenvalue weighted by molar-refractivity contribution is -0.139. The molecule has 2 aliphatic rings. The van der Waals surface area contributed by atoms with E-state index in [-0.39, 0.29) is 11.5 Å². The SMILES string of the molecule is CC[C@@H](C1C=CC=C(Cl)C1)[C@@]1([C@@H](NC)c2cc(F)ccc2C(F)(F)F)C(=O)Nc2cc(Cl)ccc21. The second-order valence-electron chi connectivity index (χ2n) is 8.85. The van der Waals surface area contributed by atoms with Crippen LogP contribution in [0.5, 0.6) is 0 Å². The van der Waals surface area contributed by atoms with Crippen LogP contribution in [0.2, 0.25) is 5.02 Å². The zero-order chi connectivity index (χ0) is 25.5. The Morgan fingerprint density at radius 3 is 2.57 bits per heavy atom. The molecular formula is C26H24Cl2F4N2O. The van der Waals surface area contributed by atoms with Crippen LogP contribution < -0.4 is 10.6 Å². The predicted molar refractivity (Wildman–Crippen MR) is 130 cm³/mol. The number of allylic oxidation sites excluding steroid dienone is 4. The monoisotopic (exact) mass is 526 g/mol. The van der Waals surface area contributed by atoms with Gasteiger partial charge in [0.1, 0.15) is 5.82 Å². The minimum Gasteiger partial charge on any atom is -0.325 e. The molecule has 0 spiro atoms. The molecule has 35 heavy (non-hydrogen) atoms. The Morgan fingerprint density at radius 1 is 1.20 bits per heavy atom. The van der Waals surface area contributed by atoms with E-state index in [1.807, 2.05) is 13.0 Å². The number of fused-ring (bicyclic) bond motifs is 1. The highest BCUT2D eigenvalue weighted by molar-refractivity contribution is 6.31. The van der Waals surface area contributed by atoms with Crippen LogP contribution in [-0.4, -0.2) is 13.0 Å². The Bertz CT molecular complexity index is 1210. The van der Waals surface area contributed by atoms with Gasteiger partial charge in [-0.15, -0.1) is 0 Å². The molecule has 0 aromatic heterocycles. The van der Waals surface area contributed by atoms with Gasteiger partial charge < -0.3 is 10.6 Å². The highest BCUT2D eigenvalue weighted by Crippen LogP contribution is 2.56. The fraction of sp³-hybridized carbons (Fsp3) is 0.346.